The molecule has 0 atom stereocenters. The summed E-state index contributed by atoms with van der Waals surface area (Å²) in [7, 11) is -3.62. The van der Waals surface area contributed by atoms with Gasteiger partial charge in [-0.05, 0) is 12.1 Å². The van der Waals surface area contributed by atoms with Gasteiger partial charge in [0.05, 0.1) is 31.0 Å². The quantitative estimate of drug-likeness (QED) is 0.880. The van der Waals surface area contributed by atoms with E-state index in [-0.39, 0.29) is 11.4 Å². The summed E-state index contributed by atoms with van der Waals surface area (Å²) in [6.45, 7) is 1.23. The van der Waals surface area contributed by atoms with Crippen molar-refractivity contribution in [1.82, 2.24) is 14.7 Å². The molecular weight excluding hydrogens is 294 g/mol. The highest BCUT2D eigenvalue weighted by atomic mass is 32.2. The number of ether oxygens (including phenoxy) is 2. The third kappa shape index (κ3) is 3.17. The maximum absolute atomic E-state index is 12.3. The Hall–Kier alpha value is -2.06. The van der Waals surface area contributed by atoms with Crippen molar-refractivity contribution in [2.45, 2.75) is 17.9 Å². The van der Waals surface area contributed by atoms with E-state index in [1.54, 1.807) is 12.3 Å². The van der Waals surface area contributed by atoms with Crippen LogP contribution in [0, 0.1) is 0 Å². The van der Waals surface area contributed by atoms with Gasteiger partial charge in [0.15, 0.2) is 11.5 Å². The number of sulfonamides is 1. The van der Waals surface area contributed by atoms with Crippen molar-refractivity contribution < 1.29 is 17.9 Å². The first-order valence-corrected chi connectivity index (χ1v) is 8.00. The summed E-state index contributed by atoms with van der Waals surface area (Å²) in [6, 6.07) is 4.60. The number of nitrogens with one attached hydrogen (secondary N) is 2. The molecule has 2 aromatic rings. The lowest BCUT2D eigenvalue weighted by Crippen LogP contribution is -2.23. The first kappa shape index (κ1) is 13.9. The van der Waals surface area contributed by atoms with E-state index in [2.05, 4.69) is 14.7 Å². The van der Waals surface area contributed by atoms with Gasteiger partial charge in [-0.15, -0.1) is 0 Å². The van der Waals surface area contributed by atoms with Crippen molar-refractivity contribution in [2.75, 3.05) is 13.2 Å². The van der Waals surface area contributed by atoms with Gasteiger partial charge in [-0.1, -0.05) is 0 Å². The Morgan fingerprint density at radius 2 is 2.05 bits per heavy atom. The van der Waals surface area contributed by atoms with Crippen LogP contribution in [-0.4, -0.2) is 31.6 Å². The van der Waals surface area contributed by atoms with Crippen molar-refractivity contribution in [1.29, 1.82) is 0 Å². The Morgan fingerprint density at radius 3 is 2.81 bits per heavy atom. The number of hydrogen-bond acceptors (Lipinski definition) is 5. The normalized spacial score (nSPS) is 14.7. The predicted molar refractivity (Wildman–Crippen MR) is 74.7 cm³/mol. The largest absolute Gasteiger partial charge is 0.490 e. The van der Waals surface area contributed by atoms with Crippen molar-refractivity contribution in [3.05, 3.63) is 36.4 Å². The van der Waals surface area contributed by atoms with Gasteiger partial charge in [0.2, 0.25) is 10.0 Å². The summed E-state index contributed by atoms with van der Waals surface area (Å²) in [5.41, 5.74) is 0.688. The summed E-state index contributed by atoms with van der Waals surface area (Å²) in [5.74, 6) is 1.02. The molecule has 112 valence electrons. The Morgan fingerprint density at radius 1 is 1.24 bits per heavy atom. The molecule has 8 heteroatoms. The molecule has 0 saturated carbocycles. The lowest BCUT2D eigenvalue weighted by Gasteiger charge is -2.10. The van der Waals surface area contributed by atoms with E-state index in [4.69, 9.17) is 9.47 Å². The van der Waals surface area contributed by atoms with E-state index in [9.17, 15) is 8.42 Å². The van der Waals surface area contributed by atoms with E-state index < -0.39 is 10.0 Å². The maximum atomic E-state index is 12.3. The second-order valence-corrected chi connectivity index (χ2v) is 6.33. The number of nitrogens with zero attached hydrogens (tertiary/aromatic N) is 1. The molecule has 0 fully saturated rings. The molecule has 21 heavy (non-hydrogen) atoms. The summed E-state index contributed by atoms with van der Waals surface area (Å²) in [4.78, 5) is 6.82. The van der Waals surface area contributed by atoms with Crippen molar-refractivity contribution in [3.63, 3.8) is 0 Å². The summed E-state index contributed by atoms with van der Waals surface area (Å²) < 4.78 is 38.0. The van der Waals surface area contributed by atoms with Gasteiger partial charge in [-0.25, -0.2) is 18.1 Å². The van der Waals surface area contributed by atoms with Crippen LogP contribution in [0.25, 0.3) is 0 Å². The average molecular weight is 309 g/mol. The van der Waals surface area contributed by atoms with Crippen molar-refractivity contribution in [3.8, 4) is 11.5 Å². The Bertz CT molecular complexity index is 713. The van der Waals surface area contributed by atoms with Gasteiger partial charge < -0.3 is 14.5 Å². The minimum absolute atomic E-state index is 0.145. The number of imidazole rings is 1. The zero-order chi connectivity index (χ0) is 14.7. The fourth-order valence-corrected chi connectivity index (χ4v) is 2.97. The van der Waals surface area contributed by atoms with E-state index in [0.717, 1.165) is 6.42 Å². The van der Waals surface area contributed by atoms with Gasteiger partial charge >= 0.3 is 0 Å². The molecule has 1 aliphatic heterocycles. The smallest absolute Gasteiger partial charge is 0.241 e. The van der Waals surface area contributed by atoms with Crippen LogP contribution in [0.4, 0.5) is 0 Å². The van der Waals surface area contributed by atoms with E-state index in [0.29, 0.717) is 30.4 Å². The van der Waals surface area contributed by atoms with Crippen LogP contribution in [0.5, 0.6) is 11.5 Å². The molecule has 3 rings (SSSR count). The molecule has 1 aromatic carbocycles. The number of rotatable bonds is 4. The van der Waals surface area contributed by atoms with Crippen LogP contribution < -0.4 is 14.2 Å². The highest BCUT2D eigenvalue weighted by Gasteiger charge is 2.18. The summed E-state index contributed by atoms with van der Waals surface area (Å²) in [6.07, 6.45) is 3.84. The highest BCUT2D eigenvalue weighted by Crippen LogP contribution is 2.31. The minimum Gasteiger partial charge on any atom is -0.490 e. The van der Waals surface area contributed by atoms with Crippen molar-refractivity contribution >= 4 is 10.0 Å². The van der Waals surface area contributed by atoms with Crippen LogP contribution in [0.1, 0.15) is 12.1 Å². The molecule has 0 bridgehead atoms. The molecule has 0 aliphatic carbocycles. The van der Waals surface area contributed by atoms with E-state index in [1.165, 1.54) is 18.5 Å². The molecule has 0 saturated heterocycles. The van der Waals surface area contributed by atoms with E-state index >= 15 is 0 Å². The zero-order valence-electron chi connectivity index (χ0n) is 11.2. The van der Waals surface area contributed by atoms with Crippen LogP contribution in [0.15, 0.2) is 35.6 Å². The van der Waals surface area contributed by atoms with Gasteiger partial charge in [-0.2, -0.15) is 0 Å². The second-order valence-electron chi connectivity index (χ2n) is 4.56. The first-order valence-electron chi connectivity index (χ1n) is 6.52. The lowest BCUT2D eigenvalue weighted by molar-refractivity contribution is 0.297. The van der Waals surface area contributed by atoms with Gasteiger partial charge in [0.1, 0.15) is 0 Å². The Labute approximate surface area is 122 Å². The van der Waals surface area contributed by atoms with Gasteiger partial charge in [0, 0.05) is 24.4 Å². The molecule has 1 aliphatic rings. The molecule has 0 radical (unpaired) electrons. The fourth-order valence-electron chi connectivity index (χ4n) is 1.95. The fraction of sp³-hybridized carbons (Fsp3) is 0.308. The van der Waals surface area contributed by atoms with Crippen LogP contribution >= 0.6 is 0 Å². The van der Waals surface area contributed by atoms with Crippen molar-refractivity contribution in [2.24, 2.45) is 0 Å². The maximum Gasteiger partial charge on any atom is 0.241 e. The number of H-pyrrole nitrogens is 1. The molecule has 1 aromatic heterocycles. The van der Waals surface area contributed by atoms with Crippen LogP contribution in [0.2, 0.25) is 0 Å². The topological polar surface area (TPSA) is 93.3 Å². The predicted octanol–water partition coefficient (Wildman–Crippen LogP) is 1.05. The van der Waals surface area contributed by atoms with Gasteiger partial charge in [-0.3, -0.25) is 0 Å². The summed E-state index contributed by atoms with van der Waals surface area (Å²) in [5, 5.41) is 0. The van der Waals surface area contributed by atoms with Crippen LogP contribution in [-0.2, 0) is 16.6 Å². The second kappa shape index (κ2) is 5.74. The molecule has 0 spiro atoms. The standard InChI is InChI=1S/C13H15N3O4S/c17-21(18,16-8-10-7-14-9-15-10)11-2-3-12-13(6-11)20-5-1-4-19-12/h2-3,6-7,9,16H,1,4-5,8H2,(H,14,15). The molecule has 0 unspecified atom stereocenters. The van der Waals surface area contributed by atoms with Crippen LogP contribution in [0.3, 0.4) is 0 Å². The number of hydrogen-bond donors (Lipinski definition) is 2. The Balaban J connectivity index is 1.80. The highest BCUT2D eigenvalue weighted by molar-refractivity contribution is 7.89. The number of aromatic nitrogens is 2. The summed E-state index contributed by atoms with van der Waals surface area (Å²) >= 11 is 0. The first-order chi connectivity index (χ1) is 10.1. The number of fused-ring (bicyclic) bond motifs is 1. The van der Waals surface area contributed by atoms with E-state index in [1.807, 2.05) is 0 Å². The third-order valence-electron chi connectivity index (χ3n) is 3.04. The average Bonchev–Trinajstić information content (AvgIpc) is 2.89. The minimum atomic E-state index is -3.62. The monoisotopic (exact) mass is 309 g/mol. The zero-order valence-corrected chi connectivity index (χ0v) is 12.0. The number of benzene rings is 1. The molecular formula is C13H15N3O4S. The SMILES string of the molecule is O=S(=O)(NCc1cnc[nH]1)c1ccc2c(c1)OCCCO2. The molecule has 2 heterocycles. The molecule has 0 amide bonds. The molecule has 2 N–H and O–H groups in total. The van der Waals surface area contributed by atoms with Gasteiger partial charge in [0.25, 0.3) is 0 Å². The number of aromatic amines is 1. The molecule has 7 nitrogen and oxygen atoms in total. The third-order valence-corrected chi connectivity index (χ3v) is 4.44. The Kier molecular flexibility index (Phi) is 3.80. The lowest BCUT2D eigenvalue weighted by atomic mass is 10.3.